The zero-order chi connectivity index (χ0) is 30.1. The highest BCUT2D eigenvalue weighted by Gasteiger charge is 2.37. The Morgan fingerprint density at radius 3 is 1.15 bits per heavy atom. The SMILES string of the molecule is COc1c(F)c(F)c(-c2c(F)c(F)c(Cc3c(F)c(F)c(F)c(F)c3F)c3c(F)c(F)c(F)c(F)c23)c(F)c1F. The minimum Gasteiger partial charge on any atom is -0.491 e. The lowest BCUT2D eigenvalue weighted by Gasteiger charge is -2.19. The molecule has 0 spiro atoms. The van der Waals surface area contributed by atoms with Crippen LogP contribution in [0, 0.1) is 87.3 Å². The van der Waals surface area contributed by atoms with Gasteiger partial charge in [0, 0.05) is 33.9 Å². The van der Waals surface area contributed by atoms with Crippen LogP contribution in [-0.4, -0.2) is 7.11 Å². The number of hydrogen-bond donors (Lipinski definition) is 0. The van der Waals surface area contributed by atoms with E-state index in [1.165, 1.54) is 0 Å². The van der Waals surface area contributed by atoms with E-state index in [0.29, 0.717) is 7.11 Å². The van der Waals surface area contributed by atoms with E-state index in [-0.39, 0.29) is 0 Å². The van der Waals surface area contributed by atoms with Gasteiger partial charge in [0.05, 0.1) is 12.7 Å². The summed E-state index contributed by atoms with van der Waals surface area (Å²) in [6.07, 6.45) is -2.08. The van der Waals surface area contributed by atoms with Crippen LogP contribution in [0.1, 0.15) is 11.1 Å². The topological polar surface area (TPSA) is 9.23 Å². The lowest BCUT2D eigenvalue weighted by Crippen LogP contribution is -2.13. The van der Waals surface area contributed by atoms with E-state index < -0.39 is 132 Å². The van der Waals surface area contributed by atoms with Crippen molar-refractivity contribution < 1.29 is 70.6 Å². The van der Waals surface area contributed by atoms with Crippen LogP contribution in [0.2, 0.25) is 0 Å². The first-order chi connectivity index (χ1) is 18.6. The average Bonchev–Trinajstić information content (AvgIpc) is 2.93. The van der Waals surface area contributed by atoms with Gasteiger partial charge in [-0.15, -0.1) is 0 Å². The van der Waals surface area contributed by atoms with Gasteiger partial charge >= 0.3 is 0 Å². The standard InChI is InChI=1S/C24H5F15O/c1-40-24-22(38)15(31)8(16(32)23(24)39)7-6-5(12(28)19(35)20(36)14(6)30)3(9(25)13(7)29)2-4-10(26)17(33)21(37)18(34)11(4)27/h2H2,1H3. The summed E-state index contributed by atoms with van der Waals surface area (Å²) in [5.74, 6) is -41.8. The molecule has 0 N–H and O–H groups in total. The van der Waals surface area contributed by atoms with Crippen LogP contribution in [0.25, 0.3) is 21.9 Å². The predicted molar refractivity (Wildman–Crippen MR) is 105 cm³/mol. The summed E-state index contributed by atoms with van der Waals surface area (Å²) in [6, 6.07) is 0. The summed E-state index contributed by atoms with van der Waals surface area (Å²) in [5.41, 5.74) is -8.55. The Morgan fingerprint density at radius 1 is 0.350 bits per heavy atom. The van der Waals surface area contributed by atoms with Gasteiger partial charge in [-0.2, -0.15) is 8.78 Å². The average molecular weight is 594 g/mol. The number of methoxy groups -OCH3 is 1. The third-order valence-corrected chi connectivity index (χ3v) is 5.83. The molecule has 0 amide bonds. The highest BCUT2D eigenvalue weighted by molar-refractivity contribution is 6.00. The summed E-state index contributed by atoms with van der Waals surface area (Å²) in [7, 11) is 0.511. The Labute approximate surface area is 211 Å². The van der Waals surface area contributed by atoms with E-state index in [2.05, 4.69) is 4.74 Å². The Bertz CT molecular complexity index is 1710. The van der Waals surface area contributed by atoms with E-state index in [9.17, 15) is 57.1 Å². The molecule has 4 aromatic carbocycles. The highest BCUT2D eigenvalue weighted by Crippen LogP contribution is 2.45. The third-order valence-electron chi connectivity index (χ3n) is 5.83. The Balaban J connectivity index is 2.25. The van der Waals surface area contributed by atoms with E-state index in [1.54, 1.807) is 0 Å². The molecule has 16 heteroatoms. The largest absolute Gasteiger partial charge is 0.491 e. The van der Waals surface area contributed by atoms with Crippen LogP contribution < -0.4 is 4.74 Å². The molecular formula is C24H5F15O. The first kappa shape index (κ1) is 28.9. The van der Waals surface area contributed by atoms with Crippen molar-refractivity contribution in [1.82, 2.24) is 0 Å². The fourth-order valence-electron chi connectivity index (χ4n) is 4.00. The van der Waals surface area contributed by atoms with Crippen molar-refractivity contribution in [2.24, 2.45) is 0 Å². The molecule has 0 saturated heterocycles. The smallest absolute Gasteiger partial charge is 0.204 e. The number of ether oxygens (including phenoxy) is 1. The summed E-state index contributed by atoms with van der Waals surface area (Å²) >= 11 is 0. The van der Waals surface area contributed by atoms with E-state index in [4.69, 9.17) is 0 Å². The maximum absolute atomic E-state index is 15.3. The molecule has 0 fully saturated rings. The molecule has 40 heavy (non-hydrogen) atoms. The maximum Gasteiger partial charge on any atom is 0.204 e. The van der Waals surface area contributed by atoms with Gasteiger partial charge in [0.15, 0.2) is 75.6 Å². The molecule has 4 aromatic rings. The first-order valence-electron chi connectivity index (χ1n) is 10.2. The second-order valence-corrected chi connectivity index (χ2v) is 7.88. The number of halogens is 15. The van der Waals surface area contributed by atoms with Crippen molar-refractivity contribution in [3.05, 3.63) is 98.4 Å². The minimum absolute atomic E-state index is 0.511. The van der Waals surface area contributed by atoms with Crippen molar-refractivity contribution in [2.75, 3.05) is 7.11 Å². The second-order valence-electron chi connectivity index (χ2n) is 7.88. The Kier molecular flexibility index (Phi) is 7.09. The summed E-state index contributed by atoms with van der Waals surface area (Å²) < 4.78 is 220. The van der Waals surface area contributed by atoms with E-state index >= 15 is 8.78 Å². The molecule has 0 aromatic heterocycles. The lowest BCUT2D eigenvalue weighted by atomic mass is 9.89. The van der Waals surface area contributed by atoms with Gasteiger partial charge in [-0.05, 0) is 0 Å². The van der Waals surface area contributed by atoms with Gasteiger partial charge in [-0.3, -0.25) is 0 Å². The second kappa shape index (κ2) is 9.82. The third kappa shape index (κ3) is 3.83. The van der Waals surface area contributed by atoms with Crippen LogP contribution in [0.15, 0.2) is 0 Å². The lowest BCUT2D eigenvalue weighted by molar-refractivity contribution is 0.333. The van der Waals surface area contributed by atoms with Crippen LogP contribution in [-0.2, 0) is 6.42 Å². The molecule has 0 atom stereocenters. The summed E-state index contributed by atoms with van der Waals surface area (Å²) in [4.78, 5) is 0. The van der Waals surface area contributed by atoms with Gasteiger partial charge in [0.25, 0.3) is 0 Å². The van der Waals surface area contributed by atoms with Gasteiger partial charge in [0.2, 0.25) is 17.5 Å². The Hall–Kier alpha value is -4.11. The molecule has 0 unspecified atom stereocenters. The van der Waals surface area contributed by atoms with Crippen LogP contribution in [0.5, 0.6) is 5.75 Å². The van der Waals surface area contributed by atoms with Crippen molar-refractivity contribution in [3.63, 3.8) is 0 Å². The predicted octanol–water partition coefficient (Wildman–Crippen LogP) is 8.19. The zero-order valence-corrected chi connectivity index (χ0v) is 18.8. The van der Waals surface area contributed by atoms with Gasteiger partial charge in [-0.1, -0.05) is 0 Å². The highest BCUT2D eigenvalue weighted by atomic mass is 19.2. The normalized spacial score (nSPS) is 11.6. The fraction of sp³-hybridized carbons (Fsp3) is 0.0833. The number of rotatable bonds is 4. The van der Waals surface area contributed by atoms with Crippen molar-refractivity contribution in [1.29, 1.82) is 0 Å². The molecule has 212 valence electrons. The molecule has 0 aliphatic heterocycles. The number of fused-ring (bicyclic) bond motifs is 1. The van der Waals surface area contributed by atoms with Crippen molar-refractivity contribution in [3.8, 4) is 16.9 Å². The van der Waals surface area contributed by atoms with Gasteiger partial charge in [-0.25, -0.2) is 57.1 Å². The Morgan fingerprint density at radius 2 is 0.700 bits per heavy atom. The molecule has 0 aliphatic carbocycles. The molecular weight excluding hydrogens is 589 g/mol. The molecule has 0 saturated carbocycles. The van der Waals surface area contributed by atoms with E-state index in [1.807, 2.05) is 0 Å². The van der Waals surface area contributed by atoms with Crippen molar-refractivity contribution >= 4 is 10.8 Å². The molecule has 0 aliphatic rings. The van der Waals surface area contributed by atoms with Crippen molar-refractivity contribution in [2.45, 2.75) is 6.42 Å². The molecule has 4 rings (SSSR count). The fourth-order valence-corrected chi connectivity index (χ4v) is 4.00. The number of hydrogen-bond acceptors (Lipinski definition) is 1. The molecule has 1 nitrogen and oxygen atoms in total. The zero-order valence-electron chi connectivity index (χ0n) is 18.8. The van der Waals surface area contributed by atoms with Crippen LogP contribution in [0.4, 0.5) is 65.9 Å². The minimum atomic E-state index is -2.84. The summed E-state index contributed by atoms with van der Waals surface area (Å²) in [6.45, 7) is 0. The maximum atomic E-state index is 15.3. The molecule has 0 radical (unpaired) electrons. The van der Waals surface area contributed by atoms with Gasteiger partial charge < -0.3 is 4.74 Å². The van der Waals surface area contributed by atoms with Crippen LogP contribution in [0.3, 0.4) is 0 Å². The number of benzene rings is 4. The molecule has 0 heterocycles. The van der Waals surface area contributed by atoms with E-state index in [0.717, 1.165) is 0 Å². The quantitative estimate of drug-likeness (QED) is 0.132. The summed E-state index contributed by atoms with van der Waals surface area (Å²) in [5, 5.41) is -4.22. The monoisotopic (exact) mass is 594 g/mol. The molecule has 0 bridgehead atoms. The first-order valence-corrected chi connectivity index (χ1v) is 10.2. The van der Waals surface area contributed by atoms with Crippen LogP contribution >= 0.6 is 0 Å². The van der Waals surface area contributed by atoms with Gasteiger partial charge in [0.1, 0.15) is 0 Å².